The number of imidazole rings is 1. The number of aromatic nitrogens is 2. The predicted molar refractivity (Wildman–Crippen MR) is 171 cm³/mol. The summed E-state index contributed by atoms with van der Waals surface area (Å²) in [4.78, 5) is 23.1. The van der Waals surface area contributed by atoms with Crippen LogP contribution in [-0.4, -0.2) is 21.5 Å². The van der Waals surface area contributed by atoms with Gasteiger partial charge in [-0.3, -0.25) is 9.79 Å². The highest BCUT2D eigenvalue weighted by Crippen LogP contribution is 2.34. The first-order valence-electron chi connectivity index (χ1n) is 15.4. The van der Waals surface area contributed by atoms with Crippen molar-refractivity contribution in [2.24, 2.45) is 16.8 Å². The second kappa shape index (κ2) is 14.2. The number of nitrogens with zero attached hydrogens (tertiary/aromatic N) is 3. The number of Topliss-reactive ketones (excluding diaryl/α,β-unsaturated/α-hetero) is 1. The van der Waals surface area contributed by atoms with Gasteiger partial charge in [0.1, 0.15) is 17.4 Å². The van der Waals surface area contributed by atoms with Crippen LogP contribution in [0.5, 0.6) is 0 Å². The molecule has 0 saturated heterocycles. The number of allylic oxidation sites excluding steroid dienone is 4. The molecular formula is C36H41ClFN3O. The third kappa shape index (κ3) is 7.95. The van der Waals surface area contributed by atoms with Crippen LogP contribution in [0.25, 0.3) is 16.9 Å². The maximum Gasteiger partial charge on any atom is 0.140 e. The molecule has 1 saturated carbocycles. The first-order valence-corrected chi connectivity index (χ1v) is 15.8. The van der Waals surface area contributed by atoms with E-state index < -0.39 is 0 Å². The summed E-state index contributed by atoms with van der Waals surface area (Å²) in [6.07, 6.45) is 19.3. The van der Waals surface area contributed by atoms with Crippen molar-refractivity contribution < 1.29 is 9.18 Å². The van der Waals surface area contributed by atoms with Crippen molar-refractivity contribution in [3.8, 4) is 16.9 Å². The summed E-state index contributed by atoms with van der Waals surface area (Å²) in [6, 6.07) is 12.1. The summed E-state index contributed by atoms with van der Waals surface area (Å²) < 4.78 is 15.6. The summed E-state index contributed by atoms with van der Waals surface area (Å²) in [5.41, 5.74) is 6.02. The fraction of sp³-hybridized carbons (Fsp3) is 0.417. The highest BCUT2D eigenvalue weighted by Gasteiger charge is 2.23. The van der Waals surface area contributed by atoms with Gasteiger partial charge < -0.3 is 4.57 Å². The minimum absolute atomic E-state index is 0.206. The molecule has 2 aromatic carbocycles. The van der Waals surface area contributed by atoms with Crippen molar-refractivity contribution >= 4 is 23.6 Å². The molecule has 4 nitrogen and oxygen atoms in total. The van der Waals surface area contributed by atoms with Crippen LogP contribution in [0, 0.1) is 24.6 Å². The lowest BCUT2D eigenvalue weighted by Crippen LogP contribution is -2.13. The summed E-state index contributed by atoms with van der Waals surface area (Å²) in [6.45, 7) is 4.15. The Kier molecular flexibility index (Phi) is 10.2. The van der Waals surface area contributed by atoms with E-state index in [1.807, 2.05) is 35.9 Å². The normalized spacial score (nSPS) is 19.4. The van der Waals surface area contributed by atoms with Gasteiger partial charge in [0.2, 0.25) is 0 Å². The molecule has 6 heteroatoms. The third-order valence-electron chi connectivity index (χ3n) is 8.67. The van der Waals surface area contributed by atoms with E-state index in [4.69, 9.17) is 21.6 Å². The fourth-order valence-electron chi connectivity index (χ4n) is 6.20. The molecule has 0 radical (unpaired) electrons. The molecule has 0 N–H and O–H groups in total. The monoisotopic (exact) mass is 585 g/mol. The van der Waals surface area contributed by atoms with Crippen LogP contribution in [0.4, 0.5) is 4.39 Å². The number of hydrogen-bond donors (Lipinski definition) is 0. The second-order valence-electron chi connectivity index (χ2n) is 11.9. The molecule has 3 aromatic rings. The summed E-state index contributed by atoms with van der Waals surface area (Å²) in [7, 11) is 0. The van der Waals surface area contributed by atoms with Crippen LogP contribution in [0.2, 0.25) is 5.02 Å². The molecule has 1 aliphatic heterocycles. The van der Waals surface area contributed by atoms with Gasteiger partial charge in [0, 0.05) is 40.8 Å². The van der Waals surface area contributed by atoms with Crippen LogP contribution in [0.3, 0.4) is 0 Å². The molecule has 0 bridgehead atoms. The van der Waals surface area contributed by atoms with Crippen LogP contribution in [-0.2, 0) is 11.2 Å². The van der Waals surface area contributed by atoms with Gasteiger partial charge in [0.05, 0.1) is 12.1 Å². The molecule has 2 unspecified atom stereocenters. The Bertz CT molecular complexity index is 1480. The van der Waals surface area contributed by atoms with Crippen molar-refractivity contribution in [2.45, 2.75) is 84.5 Å². The summed E-state index contributed by atoms with van der Waals surface area (Å²) >= 11 is 6.25. The van der Waals surface area contributed by atoms with Crippen molar-refractivity contribution in [3.63, 3.8) is 0 Å². The van der Waals surface area contributed by atoms with Crippen molar-refractivity contribution in [1.29, 1.82) is 0 Å². The standard InChI is InChI=1S/C36H41ClFN3O/c1-3-26-7-4-5-10-31(39-23-26)20-27-8-6-9-28(12-11-27)21-33(42)22-36-40-35(29-13-18-34(37)25(2)19-29)24-41(36)32-16-14-30(38)15-17-32/h7,10,13-19,23-24,27-28H,3-6,8-9,11-12,20-22H2,1-2H3. The molecule has 2 atom stereocenters. The second-order valence-corrected chi connectivity index (χ2v) is 12.3. The Morgan fingerprint density at radius 1 is 1.02 bits per heavy atom. The Balaban J connectivity index is 1.24. The first kappa shape index (κ1) is 30.2. The van der Waals surface area contributed by atoms with Gasteiger partial charge in [-0.15, -0.1) is 0 Å². The smallest absolute Gasteiger partial charge is 0.140 e. The number of aliphatic imine (C=N–C) groups is 1. The van der Waals surface area contributed by atoms with E-state index in [0.717, 1.165) is 73.9 Å². The number of hydrogen-bond acceptors (Lipinski definition) is 3. The minimum atomic E-state index is -0.295. The van der Waals surface area contributed by atoms with Gasteiger partial charge >= 0.3 is 0 Å². The van der Waals surface area contributed by atoms with Gasteiger partial charge in [0.15, 0.2) is 0 Å². The van der Waals surface area contributed by atoms with E-state index >= 15 is 0 Å². The summed E-state index contributed by atoms with van der Waals surface area (Å²) in [5.74, 6) is 1.62. The van der Waals surface area contributed by atoms with Crippen molar-refractivity contribution in [3.05, 3.63) is 94.3 Å². The minimum Gasteiger partial charge on any atom is -0.303 e. The molecule has 2 heterocycles. The molecule has 1 aromatic heterocycles. The molecule has 5 rings (SSSR count). The Morgan fingerprint density at radius 2 is 1.79 bits per heavy atom. The number of ketones is 1. The van der Waals surface area contributed by atoms with Gasteiger partial charge in [-0.2, -0.15) is 0 Å². The van der Waals surface area contributed by atoms with Gasteiger partial charge in [-0.1, -0.05) is 56.0 Å². The Labute approximate surface area is 254 Å². The van der Waals surface area contributed by atoms with E-state index in [1.54, 1.807) is 12.1 Å². The lowest BCUT2D eigenvalue weighted by molar-refractivity contribution is -0.119. The quantitative estimate of drug-likeness (QED) is 0.235. The van der Waals surface area contributed by atoms with Crippen LogP contribution < -0.4 is 0 Å². The SMILES string of the molecule is CCC1=CCCC=C(CC2CCCC(CC(=O)Cc3nc(-c4ccc(Cl)c(C)c4)cn3-c3ccc(F)cc3)CC2)N=C1. The number of halogens is 2. The predicted octanol–water partition coefficient (Wildman–Crippen LogP) is 9.81. The van der Waals surface area contributed by atoms with E-state index in [2.05, 4.69) is 25.3 Å². The maximum absolute atomic E-state index is 13.7. The largest absolute Gasteiger partial charge is 0.303 e. The molecule has 0 amide bonds. The van der Waals surface area contributed by atoms with Crippen molar-refractivity contribution in [1.82, 2.24) is 9.55 Å². The van der Waals surface area contributed by atoms with E-state index in [1.165, 1.54) is 29.8 Å². The number of carbonyl (C=O) groups excluding carboxylic acids is 1. The molecule has 42 heavy (non-hydrogen) atoms. The van der Waals surface area contributed by atoms with E-state index in [0.29, 0.717) is 29.1 Å². The topological polar surface area (TPSA) is 47.2 Å². The van der Waals surface area contributed by atoms with Crippen LogP contribution in [0.15, 0.2) is 77.1 Å². The number of rotatable bonds is 9. The maximum atomic E-state index is 13.7. The van der Waals surface area contributed by atoms with Gasteiger partial charge in [-0.25, -0.2) is 9.37 Å². The molecule has 0 spiro atoms. The van der Waals surface area contributed by atoms with E-state index in [9.17, 15) is 9.18 Å². The zero-order valence-corrected chi connectivity index (χ0v) is 25.5. The Hall–Kier alpha value is -3.31. The third-order valence-corrected chi connectivity index (χ3v) is 9.10. The average molecular weight is 586 g/mol. The van der Waals surface area contributed by atoms with Crippen LogP contribution in [0.1, 0.15) is 82.5 Å². The molecule has 220 valence electrons. The molecule has 1 fully saturated rings. The highest BCUT2D eigenvalue weighted by molar-refractivity contribution is 6.31. The molecule has 1 aliphatic carbocycles. The highest BCUT2D eigenvalue weighted by atomic mass is 35.5. The average Bonchev–Trinajstić information content (AvgIpc) is 3.25. The number of aryl methyl sites for hydroxylation is 1. The fourth-order valence-corrected chi connectivity index (χ4v) is 6.32. The van der Waals surface area contributed by atoms with E-state index in [-0.39, 0.29) is 18.0 Å². The van der Waals surface area contributed by atoms with Gasteiger partial charge in [-0.05, 0) is 105 Å². The summed E-state index contributed by atoms with van der Waals surface area (Å²) in [5, 5.41) is 0.703. The molecule has 2 aliphatic rings. The number of carbonyl (C=O) groups is 1. The zero-order valence-electron chi connectivity index (χ0n) is 24.8. The lowest BCUT2D eigenvalue weighted by atomic mass is 9.91. The van der Waals surface area contributed by atoms with Gasteiger partial charge in [0.25, 0.3) is 0 Å². The molecular weight excluding hydrogens is 545 g/mol. The van der Waals surface area contributed by atoms with Crippen molar-refractivity contribution in [2.75, 3.05) is 0 Å². The Morgan fingerprint density at radius 3 is 2.57 bits per heavy atom. The zero-order chi connectivity index (χ0) is 29.5. The first-order chi connectivity index (χ1) is 20.4. The lowest BCUT2D eigenvalue weighted by Gasteiger charge is -2.16. The number of benzene rings is 2. The van der Waals surface area contributed by atoms with Crippen LogP contribution >= 0.6 is 11.6 Å².